The van der Waals surface area contributed by atoms with Crippen molar-refractivity contribution in [2.75, 3.05) is 20.1 Å². The molecule has 0 fully saturated rings. The summed E-state index contributed by atoms with van der Waals surface area (Å²) in [6, 6.07) is 0. The van der Waals surface area contributed by atoms with E-state index in [-0.39, 0.29) is 29.4 Å². The molecule has 0 unspecified atom stereocenters. The molecule has 0 saturated heterocycles. The minimum Gasteiger partial charge on any atom is -0.356 e. The minimum absolute atomic E-state index is 0. The van der Waals surface area contributed by atoms with Crippen LogP contribution in [-0.2, 0) is 19.4 Å². The molecule has 6 nitrogen and oxygen atoms in total. The summed E-state index contributed by atoms with van der Waals surface area (Å²) in [7, 11) is 1.84. The lowest BCUT2D eigenvalue weighted by molar-refractivity contribution is 0.318. The normalized spacial score (nSPS) is 14.9. The highest BCUT2D eigenvalue weighted by Gasteiger charge is 2.18. The van der Waals surface area contributed by atoms with Crippen LogP contribution in [0.1, 0.15) is 77.4 Å². The van der Waals surface area contributed by atoms with Crippen LogP contribution in [0.4, 0.5) is 0 Å². The number of nitrogens with one attached hydrogen (secondary N) is 2. The Morgan fingerprint density at radius 3 is 2.70 bits per heavy atom. The van der Waals surface area contributed by atoms with Crippen molar-refractivity contribution in [3.63, 3.8) is 0 Å². The number of aliphatic imine (C=N–C) groups is 1. The first-order valence-electron chi connectivity index (χ1n) is 10.4. The fourth-order valence-corrected chi connectivity index (χ4v) is 3.51. The van der Waals surface area contributed by atoms with Gasteiger partial charge in [0.05, 0.1) is 0 Å². The van der Waals surface area contributed by atoms with Gasteiger partial charge in [0.25, 0.3) is 0 Å². The fourth-order valence-electron chi connectivity index (χ4n) is 3.51. The van der Waals surface area contributed by atoms with Crippen molar-refractivity contribution in [3.8, 4) is 0 Å². The molecule has 1 aliphatic heterocycles. The lowest BCUT2D eigenvalue weighted by Crippen LogP contribution is -2.42. The molecule has 0 atom stereocenters. The zero-order valence-corrected chi connectivity index (χ0v) is 20.0. The van der Waals surface area contributed by atoms with Gasteiger partial charge in [0.15, 0.2) is 5.96 Å². The zero-order chi connectivity index (χ0) is 18.8. The smallest absolute Gasteiger partial charge is 0.191 e. The van der Waals surface area contributed by atoms with E-state index in [4.69, 9.17) is 0 Å². The number of halogens is 1. The van der Waals surface area contributed by atoms with Crippen molar-refractivity contribution >= 4 is 29.9 Å². The van der Waals surface area contributed by atoms with E-state index in [0.29, 0.717) is 0 Å². The molecular weight excluding hydrogens is 451 g/mol. The summed E-state index contributed by atoms with van der Waals surface area (Å²) in [6.07, 6.45) is 10.9. The van der Waals surface area contributed by atoms with Gasteiger partial charge in [-0.1, -0.05) is 46.5 Å². The lowest BCUT2D eigenvalue weighted by Gasteiger charge is -2.26. The van der Waals surface area contributed by atoms with Gasteiger partial charge in [-0.15, -0.1) is 34.2 Å². The highest BCUT2D eigenvalue weighted by atomic mass is 127. The second kappa shape index (κ2) is 12.6. The Bertz CT molecular complexity index is 567. The predicted molar refractivity (Wildman–Crippen MR) is 124 cm³/mol. The van der Waals surface area contributed by atoms with Gasteiger partial charge in [0.1, 0.15) is 11.6 Å². The van der Waals surface area contributed by atoms with Gasteiger partial charge >= 0.3 is 0 Å². The number of hydrogen-bond acceptors (Lipinski definition) is 3. The van der Waals surface area contributed by atoms with E-state index < -0.39 is 0 Å². The van der Waals surface area contributed by atoms with E-state index in [0.717, 1.165) is 50.1 Å². The highest BCUT2D eigenvalue weighted by molar-refractivity contribution is 14.0. The largest absolute Gasteiger partial charge is 0.356 e. The van der Waals surface area contributed by atoms with Crippen molar-refractivity contribution in [1.82, 2.24) is 25.4 Å². The Morgan fingerprint density at radius 1 is 1.15 bits per heavy atom. The molecule has 0 aliphatic carbocycles. The molecule has 27 heavy (non-hydrogen) atoms. The third-order valence-corrected chi connectivity index (χ3v) is 5.24. The van der Waals surface area contributed by atoms with Gasteiger partial charge < -0.3 is 15.2 Å². The minimum atomic E-state index is 0. The lowest BCUT2D eigenvalue weighted by atomic mass is 9.87. The Kier molecular flexibility index (Phi) is 11.3. The van der Waals surface area contributed by atoms with E-state index in [1.165, 1.54) is 44.9 Å². The molecule has 7 heteroatoms. The molecule has 156 valence electrons. The summed E-state index contributed by atoms with van der Waals surface area (Å²) in [4.78, 5) is 4.36. The van der Waals surface area contributed by atoms with E-state index in [2.05, 4.69) is 51.2 Å². The topological polar surface area (TPSA) is 67.1 Å². The Morgan fingerprint density at radius 2 is 1.96 bits per heavy atom. The Balaban J connectivity index is 0.00000364. The molecule has 2 N–H and O–H groups in total. The van der Waals surface area contributed by atoms with Crippen LogP contribution in [-0.4, -0.2) is 40.9 Å². The SMILES string of the molecule is CCCCCC(C)(C)CNC(=NC)NCCc1nnc2n1CCCCC2.I. The summed E-state index contributed by atoms with van der Waals surface area (Å²) in [5.41, 5.74) is 0.289. The predicted octanol–water partition coefficient (Wildman–Crippen LogP) is 3.94. The van der Waals surface area contributed by atoms with Gasteiger partial charge in [0, 0.05) is 39.5 Å². The summed E-state index contributed by atoms with van der Waals surface area (Å²) in [5, 5.41) is 15.7. The van der Waals surface area contributed by atoms with Crippen LogP contribution in [0, 0.1) is 5.41 Å². The molecule has 0 radical (unpaired) electrons. The van der Waals surface area contributed by atoms with Crippen LogP contribution in [0.25, 0.3) is 0 Å². The standard InChI is InChI=1S/C20H38N6.HI/c1-5-6-9-13-20(2,3)16-23-19(21-4)22-14-12-18-25-24-17-11-8-7-10-15-26(17)18;/h5-16H2,1-4H3,(H2,21,22,23);1H. The van der Waals surface area contributed by atoms with Crippen molar-refractivity contribution in [1.29, 1.82) is 0 Å². The van der Waals surface area contributed by atoms with Crippen molar-refractivity contribution in [3.05, 3.63) is 11.6 Å². The van der Waals surface area contributed by atoms with Gasteiger partial charge in [-0.3, -0.25) is 4.99 Å². The number of rotatable bonds is 9. The van der Waals surface area contributed by atoms with Crippen LogP contribution < -0.4 is 10.6 Å². The molecule has 0 amide bonds. The second-order valence-electron chi connectivity index (χ2n) is 8.22. The first-order valence-corrected chi connectivity index (χ1v) is 10.4. The maximum atomic E-state index is 4.40. The molecule has 1 aromatic heterocycles. The third kappa shape index (κ3) is 8.35. The number of fused-ring (bicyclic) bond motifs is 1. The Labute approximate surface area is 182 Å². The number of aryl methyl sites for hydroxylation is 1. The first-order chi connectivity index (χ1) is 12.6. The number of nitrogens with zero attached hydrogens (tertiary/aromatic N) is 4. The average Bonchev–Trinajstić information content (AvgIpc) is 2.85. The Hall–Kier alpha value is -0.860. The molecule has 1 aromatic rings. The zero-order valence-electron chi connectivity index (χ0n) is 17.7. The van der Waals surface area contributed by atoms with Crippen LogP contribution in [0.15, 0.2) is 4.99 Å². The molecule has 0 aromatic carbocycles. The van der Waals surface area contributed by atoms with E-state index in [1.807, 2.05) is 7.05 Å². The molecule has 0 spiro atoms. The second-order valence-corrected chi connectivity index (χ2v) is 8.22. The highest BCUT2D eigenvalue weighted by Crippen LogP contribution is 2.22. The number of aromatic nitrogens is 3. The number of guanidine groups is 1. The van der Waals surface area contributed by atoms with Crippen LogP contribution >= 0.6 is 24.0 Å². The van der Waals surface area contributed by atoms with Crippen LogP contribution in [0.3, 0.4) is 0 Å². The van der Waals surface area contributed by atoms with Gasteiger partial charge in [0.2, 0.25) is 0 Å². The number of unbranched alkanes of at least 4 members (excludes halogenated alkanes) is 2. The quantitative estimate of drug-likeness (QED) is 0.238. The molecule has 2 rings (SSSR count). The van der Waals surface area contributed by atoms with E-state index in [1.54, 1.807) is 0 Å². The first kappa shape index (κ1) is 24.2. The van der Waals surface area contributed by atoms with Crippen LogP contribution in [0.5, 0.6) is 0 Å². The maximum Gasteiger partial charge on any atom is 0.191 e. The van der Waals surface area contributed by atoms with Crippen molar-refractivity contribution in [2.45, 2.75) is 85.1 Å². The third-order valence-electron chi connectivity index (χ3n) is 5.24. The van der Waals surface area contributed by atoms with Gasteiger partial charge in [-0.25, -0.2) is 0 Å². The van der Waals surface area contributed by atoms with Crippen LogP contribution in [0.2, 0.25) is 0 Å². The molecule has 2 heterocycles. The monoisotopic (exact) mass is 490 g/mol. The average molecular weight is 490 g/mol. The van der Waals surface area contributed by atoms with Gasteiger partial charge in [-0.05, 0) is 24.7 Å². The molecule has 0 bridgehead atoms. The molecular formula is C20H39IN6. The van der Waals surface area contributed by atoms with Gasteiger partial charge in [-0.2, -0.15) is 0 Å². The summed E-state index contributed by atoms with van der Waals surface area (Å²) < 4.78 is 2.32. The van der Waals surface area contributed by atoms with Crippen molar-refractivity contribution < 1.29 is 0 Å². The van der Waals surface area contributed by atoms with E-state index >= 15 is 0 Å². The summed E-state index contributed by atoms with van der Waals surface area (Å²) in [6.45, 7) is 9.75. The van der Waals surface area contributed by atoms with Crippen molar-refractivity contribution in [2.24, 2.45) is 10.4 Å². The number of hydrogen-bond donors (Lipinski definition) is 2. The molecule has 1 aliphatic rings. The maximum absolute atomic E-state index is 4.40. The van der Waals surface area contributed by atoms with E-state index in [9.17, 15) is 0 Å². The summed E-state index contributed by atoms with van der Waals surface area (Å²) in [5.74, 6) is 3.14. The fraction of sp³-hybridized carbons (Fsp3) is 0.850. The summed E-state index contributed by atoms with van der Waals surface area (Å²) >= 11 is 0. The molecule has 0 saturated carbocycles.